The first-order valence-electron chi connectivity index (χ1n) is 12.3. The predicted molar refractivity (Wildman–Crippen MR) is 140 cm³/mol. The summed E-state index contributed by atoms with van der Waals surface area (Å²) in [6, 6.07) is 34.4. The Morgan fingerprint density at radius 2 is 1.18 bits per heavy atom. The van der Waals surface area contributed by atoms with Crippen LogP contribution in [0.25, 0.3) is 49.7 Å². The van der Waals surface area contributed by atoms with E-state index >= 15 is 0 Å². The fraction of sp³-hybridized carbons (Fsp3) is 0.0909. The number of fused-ring (bicyclic) bond motifs is 12. The highest BCUT2D eigenvalue weighted by atomic mass is 15.0. The lowest BCUT2D eigenvalue weighted by Gasteiger charge is -2.22. The van der Waals surface area contributed by atoms with Gasteiger partial charge in [0.25, 0.3) is 0 Å². The van der Waals surface area contributed by atoms with Gasteiger partial charge in [-0.1, -0.05) is 66.7 Å². The molecule has 0 bridgehead atoms. The normalized spacial score (nSPS) is 14.1. The third-order valence-corrected chi connectivity index (χ3v) is 8.42. The molecule has 9 rings (SSSR count). The van der Waals surface area contributed by atoms with Gasteiger partial charge < -0.3 is 4.57 Å². The highest BCUT2D eigenvalue weighted by molar-refractivity contribution is 6.16. The van der Waals surface area contributed by atoms with Gasteiger partial charge in [0.1, 0.15) is 0 Å². The van der Waals surface area contributed by atoms with Gasteiger partial charge in [0.2, 0.25) is 0 Å². The minimum absolute atomic E-state index is 1.00. The van der Waals surface area contributed by atoms with E-state index in [0.717, 1.165) is 19.3 Å². The average Bonchev–Trinajstić information content (AvgIpc) is 3.53. The summed E-state index contributed by atoms with van der Waals surface area (Å²) in [4.78, 5) is 0. The molecule has 1 heteroatoms. The van der Waals surface area contributed by atoms with Crippen molar-refractivity contribution >= 4 is 21.8 Å². The molecule has 34 heavy (non-hydrogen) atoms. The van der Waals surface area contributed by atoms with E-state index in [4.69, 9.17) is 0 Å². The van der Waals surface area contributed by atoms with Crippen LogP contribution in [0.2, 0.25) is 0 Å². The zero-order valence-corrected chi connectivity index (χ0v) is 18.7. The molecule has 0 saturated heterocycles. The van der Waals surface area contributed by atoms with Crippen LogP contribution in [0, 0.1) is 0 Å². The van der Waals surface area contributed by atoms with Gasteiger partial charge >= 0.3 is 0 Å². The monoisotopic (exact) mass is 431 g/mol. The molecule has 3 aliphatic rings. The van der Waals surface area contributed by atoms with Crippen molar-refractivity contribution in [1.29, 1.82) is 0 Å². The summed E-state index contributed by atoms with van der Waals surface area (Å²) in [6.45, 7) is 0. The molecular weight excluding hydrogens is 410 g/mol. The maximum atomic E-state index is 2.57. The van der Waals surface area contributed by atoms with Crippen LogP contribution in [-0.2, 0) is 19.3 Å². The second-order valence-electron chi connectivity index (χ2n) is 10.1. The zero-order valence-electron chi connectivity index (χ0n) is 18.7. The third-order valence-electron chi connectivity index (χ3n) is 8.42. The smallest absolute Gasteiger partial charge is 0.0579 e. The fourth-order valence-corrected chi connectivity index (χ4v) is 7.01. The molecule has 2 heterocycles. The molecule has 1 aliphatic heterocycles. The van der Waals surface area contributed by atoms with E-state index in [1.54, 1.807) is 0 Å². The Labute approximate surface area is 197 Å². The van der Waals surface area contributed by atoms with E-state index in [1.807, 2.05) is 0 Å². The lowest BCUT2D eigenvalue weighted by atomic mass is 9.91. The summed E-state index contributed by atoms with van der Waals surface area (Å²) in [5.74, 6) is 0. The molecule has 1 aromatic heterocycles. The van der Waals surface area contributed by atoms with E-state index in [0.29, 0.717) is 0 Å². The van der Waals surface area contributed by atoms with Crippen molar-refractivity contribution in [3.05, 3.63) is 124 Å². The van der Waals surface area contributed by atoms with Gasteiger partial charge in [-0.15, -0.1) is 0 Å². The molecule has 0 spiro atoms. The van der Waals surface area contributed by atoms with E-state index in [2.05, 4.69) is 95.6 Å². The summed E-state index contributed by atoms with van der Waals surface area (Å²) in [6.07, 6.45) is 3.06. The van der Waals surface area contributed by atoms with Crippen LogP contribution in [0.15, 0.2) is 91.0 Å². The number of nitrogens with zero attached hydrogens (tertiary/aromatic N) is 1. The number of hydrogen-bond donors (Lipinski definition) is 0. The third kappa shape index (κ3) is 1.98. The summed E-state index contributed by atoms with van der Waals surface area (Å²) < 4.78 is 2.57. The highest BCUT2D eigenvalue weighted by Crippen LogP contribution is 2.50. The van der Waals surface area contributed by atoms with Crippen molar-refractivity contribution in [3.63, 3.8) is 0 Å². The van der Waals surface area contributed by atoms with Gasteiger partial charge in [0, 0.05) is 22.9 Å². The lowest BCUT2D eigenvalue weighted by molar-refractivity contribution is 1.04. The molecule has 6 aromatic rings. The Hall–Kier alpha value is -4.10. The van der Waals surface area contributed by atoms with Crippen LogP contribution >= 0.6 is 0 Å². The van der Waals surface area contributed by atoms with Crippen molar-refractivity contribution < 1.29 is 0 Å². The van der Waals surface area contributed by atoms with Crippen LogP contribution in [0.3, 0.4) is 0 Å². The van der Waals surface area contributed by atoms with Gasteiger partial charge in [0.15, 0.2) is 0 Å². The van der Waals surface area contributed by atoms with Gasteiger partial charge in [0.05, 0.1) is 11.0 Å². The molecule has 0 fully saturated rings. The molecule has 2 aliphatic carbocycles. The second kappa shape index (κ2) is 5.87. The maximum Gasteiger partial charge on any atom is 0.0579 e. The number of rotatable bonds is 0. The molecule has 1 nitrogen and oxygen atoms in total. The van der Waals surface area contributed by atoms with Crippen molar-refractivity contribution in [2.24, 2.45) is 0 Å². The first-order valence-corrected chi connectivity index (χ1v) is 12.3. The first-order chi connectivity index (χ1) is 16.8. The quantitative estimate of drug-likeness (QED) is 0.231. The number of benzene rings is 5. The Morgan fingerprint density at radius 3 is 2.03 bits per heavy atom. The SMILES string of the molecule is c1ccc2c(c1)Cc1cc3c4c5c(cc6c4n(c3cc1-2)-c1ccccc1C6)-c1ccccc1C5. The van der Waals surface area contributed by atoms with Crippen LogP contribution in [0.5, 0.6) is 0 Å². The topological polar surface area (TPSA) is 4.93 Å². The maximum absolute atomic E-state index is 2.57. The molecule has 158 valence electrons. The molecule has 0 atom stereocenters. The first kappa shape index (κ1) is 17.4. The van der Waals surface area contributed by atoms with E-state index in [9.17, 15) is 0 Å². The van der Waals surface area contributed by atoms with Crippen LogP contribution in [0.1, 0.15) is 33.4 Å². The van der Waals surface area contributed by atoms with Crippen molar-refractivity contribution in [1.82, 2.24) is 4.57 Å². The molecule has 0 N–H and O–H groups in total. The average molecular weight is 432 g/mol. The summed E-state index contributed by atoms with van der Waals surface area (Å²) in [5, 5.41) is 2.90. The Balaban J connectivity index is 1.48. The standard InChI is InChI=1S/C33H21N/c1-4-10-24-19(7-1)13-22-16-29-31(18-26(22)24)34-30-12-6-3-9-21(30)14-23-17-27-25-11-5-2-8-20(25)15-28(27)32(29)33(23)34/h1-12,16-18H,13-15H2. The van der Waals surface area contributed by atoms with Gasteiger partial charge in [-0.05, 0) is 92.7 Å². The summed E-state index contributed by atoms with van der Waals surface area (Å²) in [5.41, 5.74) is 18.6. The Morgan fingerprint density at radius 1 is 0.500 bits per heavy atom. The molecular formula is C33H21N. The largest absolute Gasteiger partial charge is 0.309 e. The Kier molecular flexibility index (Phi) is 3.00. The van der Waals surface area contributed by atoms with Crippen LogP contribution in [0.4, 0.5) is 0 Å². The van der Waals surface area contributed by atoms with Crippen LogP contribution in [-0.4, -0.2) is 4.57 Å². The Bertz CT molecular complexity index is 1880. The minimum Gasteiger partial charge on any atom is -0.309 e. The van der Waals surface area contributed by atoms with Crippen molar-refractivity contribution in [2.45, 2.75) is 19.3 Å². The van der Waals surface area contributed by atoms with Gasteiger partial charge in [-0.2, -0.15) is 0 Å². The van der Waals surface area contributed by atoms with E-state index < -0.39 is 0 Å². The predicted octanol–water partition coefficient (Wildman–Crippen LogP) is 7.83. The minimum atomic E-state index is 1.00. The lowest BCUT2D eigenvalue weighted by Crippen LogP contribution is -2.08. The molecule has 0 radical (unpaired) electrons. The zero-order chi connectivity index (χ0) is 22.0. The molecule has 0 amide bonds. The molecule has 0 saturated carbocycles. The van der Waals surface area contributed by atoms with Gasteiger partial charge in [-0.25, -0.2) is 0 Å². The fourth-order valence-electron chi connectivity index (χ4n) is 7.01. The van der Waals surface area contributed by atoms with Crippen molar-refractivity contribution in [2.75, 3.05) is 0 Å². The molecule has 0 unspecified atom stereocenters. The second-order valence-corrected chi connectivity index (χ2v) is 10.1. The number of para-hydroxylation sites is 1. The highest BCUT2D eigenvalue weighted by Gasteiger charge is 2.30. The molecule has 5 aromatic carbocycles. The van der Waals surface area contributed by atoms with Gasteiger partial charge in [-0.3, -0.25) is 0 Å². The summed E-state index contributed by atoms with van der Waals surface area (Å²) >= 11 is 0. The van der Waals surface area contributed by atoms with E-state index in [1.165, 1.54) is 83.1 Å². The summed E-state index contributed by atoms with van der Waals surface area (Å²) in [7, 11) is 0. The number of aromatic nitrogens is 1. The number of hydrogen-bond acceptors (Lipinski definition) is 0. The van der Waals surface area contributed by atoms with E-state index in [-0.39, 0.29) is 0 Å². The van der Waals surface area contributed by atoms with Crippen LogP contribution < -0.4 is 0 Å². The van der Waals surface area contributed by atoms with Crippen molar-refractivity contribution in [3.8, 4) is 27.9 Å².